The van der Waals surface area contributed by atoms with Gasteiger partial charge in [0.15, 0.2) is 5.13 Å². The number of benzene rings is 1. The number of nitrogens with zero attached hydrogens (tertiary/aromatic N) is 1. The first-order valence-corrected chi connectivity index (χ1v) is 9.69. The summed E-state index contributed by atoms with van der Waals surface area (Å²) in [6.45, 7) is 0. The summed E-state index contributed by atoms with van der Waals surface area (Å²) in [7, 11) is 0. The van der Waals surface area contributed by atoms with Crippen molar-refractivity contribution in [3.05, 3.63) is 45.9 Å². The van der Waals surface area contributed by atoms with E-state index in [0.717, 1.165) is 10.4 Å². The fraction of sp³-hybridized carbons (Fsp3) is 0.389. The summed E-state index contributed by atoms with van der Waals surface area (Å²) in [5.74, 6) is -1.04. The van der Waals surface area contributed by atoms with Crippen molar-refractivity contribution in [2.45, 2.75) is 38.1 Å². The van der Waals surface area contributed by atoms with Crippen LogP contribution in [0.1, 0.15) is 36.1 Å². The highest BCUT2D eigenvalue weighted by atomic mass is 35.5. The van der Waals surface area contributed by atoms with E-state index in [-0.39, 0.29) is 18.0 Å². The molecule has 0 saturated heterocycles. The number of thiazole rings is 1. The number of anilines is 1. The van der Waals surface area contributed by atoms with Crippen molar-refractivity contribution in [1.29, 1.82) is 0 Å². The Labute approximate surface area is 160 Å². The summed E-state index contributed by atoms with van der Waals surface area (Å²) in [5.41, 5.74) is 1.02. The number of aliphatic carboxylic acids is 1. The maximum atomic E-state index is 12.1. The van der Waals surface area contributed by atoms with Gasteiger partial charge in [-0.25, -0.2) is 9.78 Å². The maximum Gasteiger partial charge on any atom is 0.321 e. The van der Waals surface area contributed by atoms with E-state index < -0.39 is 5.97 Å². The molecule has 8 heteroatoms. The van der Waals surface area contributed by atoms with Crippen molar-refractivity contribution >= 4 is 40.1 Å². The lowest BCUT2D eigenvalue weighted by Gasteiger charge is -2.26. The second kappa shape index (κ2) is 8.51. The molecule has 6 nitrogen and oxygen atoms in total. The van der Waals surface area contributed by atoms with E-state index >= 15 is 0 Å². The molecule has 3 rings (SSSR count). The number of hydrogen-bond donors (Lipinski definition) is 3. The van der Waals surface area contributed by atoms with Gasteiger partial charge in [0.2, 0.25) is 0 Å². The van der Waals surface area contributed by atoms with Gasteiger partial charge in [0.1, 0.15) is 0 Å². The molecule has 0 spiro atoms. The van der Waals surface area contributed by atoms with Crippen molar-refractivity contribution in [3.8, 4) is 0 Å². The van der Waals surface area contributed by atoms with E-state index in [1.165, 1.54) is 11.3 Å². The second-order valence-corrected chi connectivity index (χ2v) is 7.91. The van der Waals surface area contributed by atoms with Gasteiger partial charge in [-0.3, -0.25) is 10.1 Å². The number of carbonyl (C=O) groups excluding carboxylic acids is 1. The van der Waals surface area contributed by atoms with E-state index in [1.54, 1.807) is 6.20 Å². The number of hydrogen-bond acceptors (Lipinski definition) is 4. The summed E-state index contributed by atoms with van der Waals surface area (Å²) in [6, 6.07) is 7.35. The topological polar surface area (TPSA) is 91.3 Å². The number of carboxylic acids is 1. The molecule has 1 aromatic heterocycles. The van der Waals surface area contributed by atoms with Crippen molar-refractivity contribution < 1.29 is 14.7 Å². The molecule has 1 aromatic carbocycles. The first-order valence-electron chi connectivity index (χ1n) is 8.49. The lowest BCUT2D eigenvalue weighted by Crippen LogP contribution is -2.40. The molecule has 0 radical (unpaired) electrons. The summed E-state index contributed by atoms with van der Waals surface area (Å²) >= 11 is 7.58. The fourth-order valence-corrected chi connectivity index (χ4v) is 4.11. The van der Waals surface area contributed by atoms with Crippen LogP contribution in [0, 0.1) is 5.92 Å². The Hall–Kier alpha value is -2.12. The average Bonchev–Trinajstić information content (AvgIpc) is 3.04. The predicted molar refractivity (Wildman–Crippen MR) is 102 cm³/mol. The highest BCUT2D eigenvalue weighted by molar-refractivity contribution is 7.15. The van der Waals surface area contributed by atoms with Gasteiger partial charge in [-0.05, 0) is 37.3 Å². The monoisotopic (exact) mass is 393 g/mol. The van der Waals surface area contributed by atoms with Crippen molar-refractivity contribution in [1.82, 2.24) is 10.3 Å². The third-order valence-corrected chi connectivity index (χ3v) is 5.79. The van der Waals surface area contributed by atoms with E-state index in [2.05, 4.69) is 15.6 Å². The largest absolute Gasteiger partial charge is 0.481 e. The number of nitrogens with one attached hydrogen (secondary N) is 2. The Balaban J connectivity index is 1.49. The molecule has 0 atom stereocenters. The summed E-state index contributed by atoms with van der Waals surface area (Å²) in [4.78, 5) is 28.3. The van der Waals surface area contributed by atoms with Gasteiger partial charge in [-0.2, -0.15) is 0 Å². The lowest BCUT2D eigenvalue weighted by atomic mass is 9.86. The van der Waals surface area contributed by atoms with E-state index in [9.17, 15) is 9.59 Å². The predicted octanol–water partition coefficient (Wildman–Crippen LogP) is 4.15. The van der Waals surface area contributed by atoms with Crippen LogP contribution in [0.25, 0.3) is 0 Å². The molecule has 2 amide bonds. The maximum absolute atomic E-state index is 12.1. The first-order chi connectivity index (χ1) is 12.5. The number of amides is 2. The van der Waals surface area contributed by atoms with Crippen molar-refractivity contribution in [3.63, 3.8) is 0 Å². The van der Waals surface area contributed by atoms with Gasteiger partial charge in [-0.1, -0.05) is 29.8 Å². The molecule has 1 saturated carbocycles. The molecule has 26 heavy (non-hydrogen) atoms. The molecular formula is C18H20ClN3O3S. The van der Waals surface area contributed by atoms with Gasteiger partial charge in [0.05, 0.1) is 5.92 Å². The van der Waals surface area contributed by atoms with Gasteiger partial charge in [0.25, 0.3) is 0 Å². The van der Waals surface area contributed by atoms with E-state index in [0.29, 0.717) is 42.3 Å². The first kappa shape index (κ1) is 18.7. The highest BCUT2D eigenvalue weighted by Crippen LogP contribution is 2.26. The van der Waals surface area contributed by atoms with Gasteiger partial charge < -0.3 is 10.4 Å². The van der Waals surface area contributed by atoms with Crippen LogP contribution in [0.4, 0.5) is 9.93 Å². The third kappa shape index (κ3) is 4.95. The Bertz CT molecular complexity index is 787. The Kier molecular flexibility index (Phi) is 6.11. The minimum atomic E-state index is -0.748. The number of aromatic nitrogens is 1. The minimum Gasteiger partial charge on any atom is -0.481 e. The van der Waals surface area contributed by atoms with E-state index in [4.69, 9.17) is 16.7 Å². The van der Waals surface area contributed by atoms with Gasteiger partial charge in [0, 0.05) is 28.6 Å². The minimum absolute atomic E-state index is 0.00755. The number of urea groups is 1. The summed E-state index contributed by atoms with van der Waals surface area (Å²) in [6.07, 6.45) is 4.96. The fourth-order valence-electron chi connectivity index (χ4n) is 3.08. The number of rotatable bonds is 5. The number of carbonyl (C=O) groups is 2. The zero-order valence-corrected chi connectivity index (χ0v) is 15.6. The Morgan fingerprint density at radius 1 is 1.23 bits per heavy atom. The van der Waals surface area contributed by atoms with Crippen LogP contribution in [0.15, 0.2) is 30.5 Å². The summed E-state index contributed by atoms with van der Waals surface area (Å²) < 4.78 is 0. The van der Waals surface area contributed by atoms with E-state index in [1.807, 2.05) is 24.3 Å². The zero-order valence-electron chi connectivity index (χ0n) is 14.1. The molecule has 0 unspecified atom stereocenters. The molecule has 0 bridgehead atoms. The smallest absolute Gasteiger partial charge is 0.321 e. The SMILES string of the molecule is O=C(Nc1ncc(Cc2ccccc2Cl)s1)NC1CCC(C(=O)O)CC1. The highest BCUT2D eigenvalue weighted by Gasteiger charge is 2.26. The van der Waals surface area contributed by atoms with Crippen LogP contribution in [-0.4, -0.2) is 28.1 Å². The normalized spacial score (nSPS) is 19.7. The zero-order chi connectivity index (χ0) is 18.5. The van der Waals surface area contributed by atoms with Crippen LogP contribution in [0.2, 0.25) is 5.02 Å². The molecule has 1 aliphatic carbocycles. The van der Waals surface area contributed by atoms with Crippen LogP contribution < -0.4 is 10.6 Å². The van der Waals surface area contributed by atoms with Gasteiger partial charge >= 0.3 is 12.0 Å². The molecule has 138 valence electrons. The van der Waals surface area contributed by atoms with Crippen molar-refractivity contribution in [2.24, 2.45) is 5.92 Å². The Morgan fingerprint density at radius 3 is 2.65 bits per heavy atom. The summed E-state index contributed by atoms with van der Waals surface area (Å²) in [5, 5.41) is 15.9. The third-order valence-electron chi connectivity index (χ3n) is 4.51. The molecule has 3 N–H and O–H groups in total. The van der Waals surface area contributed by atoms with Crippen LogP contribution >= 0.6 is 22.9 Å². The van der Waals surface area contributed by atoms with Crippen molar-refractivity contribution in [2.75, 3.05) is 5.32 Å². The molecule has 2 aromatic rings. The standard InChI is InChI=1S/C18H20ClN3O3S/c19-15-4-2-1-3-12(15)9-14-10-20-18(26-14)22-17(25)21-13-7-5-11(6-8-13)16(23)24/h1-4,10-11,13H,5-9H2,(H,23,24)(H2,20,21,22,25). The Morgan fingerprint density at radius 2 is 1.96 bits per heavy atom. The molecule has 1 fully saturated rings. The van der Waals surface area contributed by atoms with Crippen LogP contribution in [0.5, 0.6) is 0 Å². The van der Waals surface area contributed by atoms with Crippen LogP contribution in [0.3, 0.4) is 0 Å². The molecule has 0 aliphatic heterocycles. The van der Waals surface area contributed by atoms with Gasteiger partial charge in [-0.15, -0.1) is 11.3 Å². The second-order valence-electron chi connectivity index (χ2n) is 6.39. The molecule has 1 heterocycles. The average molecular weight is 394 g/mol. The lowest BCUT2D eigenvalue weighted by molar-refractivity contribution is -0.142. The molecule has 1 aliphatic rings. The quantitative estimate of drug-likeness (QED) is 0.711. The number of carboxylic acid groups (broad SMARTS) is 1. The van der Waals surface area contributed by atoms with Crippen LogP contribution in [-0.2, 0) is 11.2 Å². The molecular weight excluding hydrogens is 374 g/mol. The number of halogens is 1.